The maximum absolute atomic E-state index is 12.5. The maximum Gasteiger partial charge on any atom is 0.261 e. The molecular formula is C23H31NO4. The fourth-order valence-electron chi connectivity index (χ4n) is 2.82. The van der Waals surface area contributed by atoms with Crippen LogP contribution in [-0.2, 0) is 4.79 Å². The number of carbonyl (C=O) groups is 1. The van der Waals surface area contributed by atoms with Crippen molar-refractivity contribution in [1.82, 2.24) is 5.32 Å². The van der Waals surface area contributed by atoms with E-state index in [9.17, 15) is 4.79 Å². The minimum absolute atomic E-state index is 0.174. The van der Waals surface area contributed by atoms with Gasteiger partial charge in [0, 0.05) is 0 Å². The van der Waals surface area contributed by atoms with Crippen molar-refractivity contribution in [3.63, 3.8) is 0 Å². The number of hydrogen-bond acceptors (Lipinski definition) is 4. The van der Waals surface area contributed by atoms with Crippen LogP contribution in [0, 0.1) is 6.92 Å². The molecule has 0 bridgehead atoms. The topological polar surface area (TPSA) is 56.8 Å². The number of methoxy groups -OCH3 is 1. The molecular weight excluding hydrogens is 354 g/mol. The lowest BCUT2D eigenvalue weighted by Crippen LogP contribution is -2.43. The Balaban J connectivity index is 1.92. The summed E-state index contributed by atoms with van der Waals surface area (Å²) in [6.07, 6.45) is -0.604. The van der Waals surface area contributed by atoms with Crippen LogP contribution in [0.15, 0.2) is 42.5 Å². The lowest BCUT2D eigenvalue weighted by Gasteiger charge is -2.21. The monoisotopic (exact) mass is 385 g/mol. The van der Waals surface area contributed by atoms with E-state index in [1.807, 2.05) is 44.2 Å². The lowest BCUT2D eigenvalue weighted by atomic mass is 10.0. The van der Waals surface area contributed by atoms with Crippen LogP contribution in [0.3, 0.4) is 0 Å². The van der Waals surface area contributed by atoms with Crippen LogP contribution >= 0.6 is 0 Å². The lowest BCUT2D eigenvalue weighted by molar-refractivity contribution is -0.128. The van der Waals surface area contributed by atoms with E-state index in [2.05, 4.69) is 31.3 Å². The molecule has 2 rings (SSSR count). The molecule has 2 aromatic carbocycles. The molecule has 152 valence electrons. The van der Waals surface area contributed by atoms with Gasteiger partial charge in [0.05, 0.1) is 13.2 Å². The molecule has 0 aromatic heterocycles. The molecule has 5 nitrogen and oxygen atoms in total. The molecule has 1 N–H and O–H groups in total. The number of carbonyl (C=O) groups excluding carboxylic acids is 1. The summed E-state index contributed by atoms with van der Waals surface area (Å²) in [5, 5.41) is 2.94. The first-order chi connectivity index (χ1) is 13.3. The minimum Gasteiger partial charge on any atom is -0.493 e. The summed E-state index contributed by atoms with van der Waals surface area (Å²) in [5.41, 5.74) is 2.20. The Morgan fingerprint density at radius 2 is 1.68 bits per heavy atom. The Kier molecular flexibility index (Phi) is 7.73. The molecule has 0 spiro atoms. The normalized spacial score (nSPS) is 13.0. The SMILES string of the molecule is COc1ccccc1OCC(C)NC(=O)C(C)Oc1cc(C)ccc1C(C)C. The van der Waals surface area contributed by atoms with Crippen molar-refractivity contribution in [2.24, 2.45) is 0 Å². The quantitative estimate of drug-likeness (QED) is 0.692. The second-order valence-corrected chi connectivity index (χ2v) is 7.33. The zero-order valence-corrected chi connectivity index (χ0v) is 17.6. The van der Waals surface area contributed by atoms with E-state index in [1.165, 1.54) is 0 Å². The smallest absolute Gasteiger partial charge is 0.261 e. The standard InChI is InChI=1S/C23H31NO4/c1-15(2)19-12-11-16(3)13-22(19)28-18(5)23(25)24-17(4)14-27-21-10-8-7-9-20(21)26-6/h7-13,15,17-18H,14H2,1-6H3,(H,24,25). The number of rotatable bonds is 9. The van der Waals surface area contributed by atoms with Gasteiger partial charge in [-0.1, -0.05) is 38.1 Å². The molecule has 28 heavy (non-hydrogen) atoms. The first-order valence-corrected chi connectivity index (χ1v) is 9.65. The molecule has 0 saturated heterocycles. The predicted octanol–water partition coefficient (Wildman–Crippen LogP) is 4.48. The highest BCUT2D eigenvalue weighted by molar-refractivity contribution is 5.81. The molecule has 2 unspecified atom stereocenters. The Morgan fingerprint density at radius 3 is 2.32 bits per heavy atom. The van der Waals surface area contributed by atoms with Crippen molar-refractivity contribution in [1.29, 1.82) is 0 Å². The first kappa shape index (κ1) is 21.6. The van der Waals surface area contributed by atoms with Gasteiger partial charge in [0.2, 0.25) is 0 Å². The van der Waals surface area contributed by atoms with Crippen LogP contribution in [-0.4, -0.2) is 31.8 Å². The van der Waals surface area contributed by atoms with Gasteiger partial charge in [0.1, 0.15) is 12.4 Å². The summed E-state index contributed by atoms with van der Waals surface area (Å²) in [6, 6.07) is 13.4. The Morgan fingerprint density at radius 1 is 1.00 bits per heavy atom. The summed E-state index contributed by atoms with van der Waals surface area (Å²) >= 11 is 0. The fourth-order valence-corrected chi connectivity index (χ4v) is 2.82. The molecule has 5 heteroatoms. The Hall–Kier alpha value is -2.69. The summed E-state index contributed by atoms with van der Waals surface area (Å²) in [6.45, 7) is 10.2. The Labute approximate surface area is 168 Å². The van der Waals surface area contributed by atoms with E-state index in [-0.39, 0.29) is 11.9 Å². The molecule has 0 fully saturated rings. The van der Waals surface area contributed by atoms with Crippen molar-refractivity contribution >= 4 is 5.91 Å². The summed E-state index contributed by atoms with van der Waals surface area (Å²) in [5.74, 6) is 2.22. The van der Waals surface area contributed by atoms with Gasteiger partial charge in [-0.2, -0.15) is 0 Å². The number of hydrogen-bond donors (Lipinski definition) is 1. The highest BCUT2D eigenvalue weighted by Gasteiger charge is 2.19. The third-order valence-corrected chi connectivity index (χ3v) is 4.41. The van der Waals surface area contributed by atoms with Crippen LogP contribution in [0.1, 0.15) is 44.7 Å². The van der Waals surface area contributed by atoms with Gasteiger partial charge in [-0.3, -0.25) is 4.79 Å². The fraction of sp³-hybridized carbons (Fsp3) is 0.435. The van der Waals surface area contributed by atoms with Crippen molar-refractivity contribution < 1.29 is 19.0 Å². The summed E-state index contributed by atoms with van der Waals surface area (Å²) in [4.78, 5) is 12.5. The molecule has 0 aliphatic carbocycles. The van der Waals surface area contributed by atoms with Crippen LogP contribution in [0.4, 0.5) is 0 Å². The van der Waals surface area contributed by atoms with Crippen LogP contribution in [0.2, 0.25) is 0 Å². The number of amides is 1. The number of aryl methyl sites for hydroxylation is 1. The van der Waals surface area contributed by atoms with Crippen LogP contribution < -0.4 is 19.5 Å². The molecule has 0 saturated carbocycles. The highest BCUT2D eigenvalue weighted by atomic mass is 16.5. The number of benzene rings is 2. The third kappa shape index (κ3) is 5.91. The predicted molar refractivity (Wildman–Crippen MR) is 111 cm³/mol. The zero-order valence-electron chi connectivity index (χ0n) is 17.6. The van der Waals surface area contributed by atoms with Crippen molar-refractivity contribution in [3.8, 4) is 17.2 Å². The molecule has 2 aromatic rings. The average molecular weight is 386 g/mol. The molecule has 0 aliphatic heterocycles. The van der Waals surface area contributed by atoms with Gasteiger partial charge in [0.15, 0.2) is 17.6 Å². The molecule has 0 heterocycles. The molecule has 1 amide bonds. The van der Waals surface area contributed by atoms with E-state index in [4.69, 9.17) is 14.2 Å². The minimum atomic E-state index is -0.604. The van der Waals surface area contributed by atoms with Gasteiger partial charge in [-0.15, -0.1) is 0 Å². The van der Waals surface area contributed by atoms with Gasteiger partial charge in [-0.25, -0.2) is 0 Å². The van der Waals surface area contributed by atoms with Gasteiger partial charge in [-0.05, 0) is 56.0 Å². The molecule has 0 aliphatic rings. The third-order valence-electron chi connectivity index (χ3n) is 4.41. The second-order valence-electron chi connectivity index (χ2n) is 7.33. The van der Waals surface area contributed by atoms with Crippen LogP contribution in [0.25, 0.3) is 0 Å². The van der Waals surface area contributed by atoms with Crippen molar-refractivity contribution in [2.75, 3.05) is 13.7 Å². The van der Waals surface area contributed by atoms with Gasteiger partial charge >= 0.3 is 0 Å². The van der Waals surface area contributed by atoms with E-state index >= 15 is 0 Å². The van der Waals surface area contributed by atoms with Crippen molar-refractivity contribution in [2.45, 2.75) is 52.7 Å². The largest absolute Gasteiger partial charge is 0.493 e. The van der Waals surface area contributed by atoms with E-state index < -0.39 is 6.10 Å². The molecule has 2 atom stereocenters. The maximum atomic E-state index is 12.5. The number of nitrogens with one attached hydrogen (secondary N) is 1. The zero-order chi connectivity index (χ0) is 20.7. The highest BCUT2D eigenvalue weighted by Crippen LogP contribution is 2.28. The van der Waals surface area contributed by atoms with E-state index in [0.717, 1.165) is 16.9 Å². The summed E-state index contributed by atoms with van der Waals surface area (Å²) < 4.78 is 17.0. The second kappa shape index (κ2) is 10.0. The molecule has 0 radical (unpaired) electrons. The Bertz CT molecular complexity index is 788. The first-order valence-electron chi connectivity index (χ1n) is 9.65. The number of para-hydroxylation sites is 2. The van der Waals surface area contributed by atoms with Gasteiger partial charge in [0.25, 0.3) is 5.91 Å². The van der Waals surface area contributed by atoms with E-state index in [0.29, 0.717) is 24.0 Å². The number of ether oxygens (including phenoxy) is 3. The van der Waals surface area contributed by atoms with Crippen LogP contribution in [0.5, 0.6) is 17.2 Å². The van der Waals surface area contributed by atoms with Gasteiger partial charge < -0.3 is 19.5 Å². The summed E-state index contributed by atoms with van der Waals surface area (Å²) in [7, 11) is 1.60. The van der Waals surface area contributed by atoms with E-state index in [1.54, 1.807) is 14.0 Å². The average Bonchev–Trinajstić information content (AvgIpc) is 2.66. The van der Waals surface area contributed by atoms with Crippen molar-refractivity contribution in [3.05, 3.63) is 53.6 Å².